The molecule has 15 heavy (non-hydrogen) atoms. The first-order chi connectivity index (χ1) is 7.12. The van der Waals surface area contributed by atoms with Crippen LogP contribution in [0, 0.1) is 6.92 Å². The summed E-state index contributed by atoms with van der Waals surface area (Å²) in [6.45, 7) is 3.17. The number of hydrogen-bond donors (Lipinski definition) is 1. The third-order valence-electron chi connectivity index (χ3n) is 2.80. The zero-order valence-electron chi connectivity index (χ0n) is 8.79. The van der Waals surface area contributed by atoms with Gasteiger partial charge in [0.05, 0.1) is 10.4 Å². The molecule has 0 spiro atoms. The Morgan fingerprint density at radius 1 is 1.47 bits per heavy atom. The largest absolute Gasteiger partial charge is 0.381 e. The maximum Gasteiger partial charge on any atom is 0.192 e. The summed E-state index contributed by atoms with van der Waals surface area (Å²) in [5, 5.41) is 0. The second-order valence-corrected chi connectivity index (χ2v) is 5.30. The van der Waals surface area contributed by atoms with E-state index in [4.69, 9.17) is 10.5 Å². The summed E-state index contributed by atoms with van der Waals surface area (Å²) in [6.07, 6.45) is 1.26. The van der Waals surface area contributed by atoms with Gasteiger partial charge in [-0.3, -0.25) is 4.79 Å². The number of carbonyl (C=O) groups is 1. The molecule has 2 N–H and O–H groups in total. The van der Waals surface area contributed by atoms with Gasteiger partial charge in [-0.1, -0.05) is 0 Å². The van der Waals surface area contributed by atoms with E-state index >= 15 is 0 Å². The van der Waals surface area contributed by atoms with Crippen LogP contribution in [0.1, 0.15) is 27.4 Å². The number of Topliss-reactive ketones (excluding diaryl/α,β-unsaturated/α-hetero) is 1. The van der Waals surface area contributed by atoms with E-state index in [0.29, 0.717) is 26.1 Å². The van der Waals surface area contributed by atoms with Crippen molar-refractivity contribution >= 4 is 17.1 Å². The molecule has 0 radical (unpaired) electrons. The summed E-state index contributed by atoms with van der Waals surface area (Å²) in [7, 11) is 0. The molecule has 0 unspecified atom stereocenters. The van der Waals surface area contributed by atoms with Gasteiger partial charge >= 0.3 is 0 Å². The molecule has 1 fully saturated rings. The van der Waals surface area contributed by atoms with Crippen LogP contribution >= 0.6 is 11.3 Å². The van der Waals surface area contributed by atoms with Gasteiger partial charge < -0.3 is 10.5 Å². The maximum atomic E-state index is 12.2. The molecule has 1 saturated heterocycles. The molecule has 82 valence electrons. The average molecular weight is 225 g/mol. The predicted octanol–water partition coefficient (Wildman–Crippen LogP) is 1.75. The Kier molecular flexibility index (Phi) is 2.91. The number of carbonyl (C=O) groups excluding carboxylic acids is 1. The first kappa shape index (κ1) is 10.8. The fourth-order valence-electron chi connectivity index (χ4n) is 1.76. The van der Waals surface area contributed by atoms with E-state index in [1.807, 2.05) is 19.1 Å². The summed E-state index contributed by atoms with van der Waals surface area (Å²) >= 11 is 1.52. The predicted molar refractivity (Wildman–Crippen MR) is 60.4 cm³/mol. The van der Waals surface area contributed by atoms with Crippen molar-refractivity contribution in [2.45, 2.75) is 25.3 Å². The zero-order chi connectivity index (χ0) is 10.9. The zero-order valence-corrected chi connectivity index (χ0v) is 9.60. The van der Waals surface area contributed by atoms with Gasteiger partial charge in [0.25, 0.3) is 0 Å². The number of aryl methyl sites for hydroxylation is 1. The second kappa shape index (κ2) is 4.04. The lowest BCUT2D eigenvalue weighted by Crippen LogP contribution is -2.51. The van der Waals surface area contributed by atoms with E-state index in [1.165, 1.54) is 11.3 Å². The molecular weight excluding hydrogens is 210 g/mol. The van der Waals surface area contributed by atoms with E-state index in [1.54, 1.807) is 0 Å². The smallest absolute Gasteiger partial charge is 0.192 e. The average Bonchev–Trinajstić information content (AvgIpc) is 2.65. The summed E-state index contributed by atoms with van der Waals surface area (Å²) < 4.78 is 5.23. The fourth-order valence-corrected chi connectivity index (χ4v) is 2.68. The van der Waals surface area contributed by atoms with Crippen LogP contribution in [0.3, 0.4) is 0 Å². The van der Waals surface area contributed by atoms with Crippen LogP contribution in [-0.2, 0) is 4.74 Å². The Labute approximate surface area is 93.2 Å². The lowest BCUT2D eigenvalue weighted by molar-refractivity contribution is 0.0450. The highest BCUT2D eigenvalue weighted by atomic mass is 32.1. The summed E-state index contributed by atoms with van der Waals surface area (Å²) in [6, 6.07) is 3.83. The first-order valence-corrected chi connectivity index (χ1v) is 5.91. The number of nitrogens with two attached hydrogens (primary N) is 1. The monoisotopic (exact) mass is 225 g/mol. The fraction of sp³-hybridized carbons (Fsp3) is 0.545. The normalized spacial score (nSPS) is 20.1. The molecule has 0 atom stereocenters. The minimum absolute atomic E-state index is 0.0731. The highest BCUT2D eigenvalue weighted by Gasteiger charge is 2.36. The van der Waals surface area contributed by atoms with Gasteiger partial charge in [-0.05, 0) is 31.9 Å². The molecule has 1 aliphatic heterocycles. The molecule has 0 bridgehead atoms. The molecule has 1 aromatic heterocycles. The van der Waals surface area contributed by atoms with Gasteiger partial charge in [-0.15, -0.1) is 11.3 Å². The van der Waals surface area contributed by atoms with E-state index in [-0.39, 0.29) is 5.78 Å². The number of hydrogen-bond acceptors (Lipinski definition) is 4. The molecular formula is C11H15NO2S. The van der Waals surface area contributed by atoms with Crippen LogP contribution in [0.5, 0.6) is 0 Å². The van der Waals surface area contributed by atoms with Crippen molar-refractivity contribution in [1.29, 1.82) is 0 Å². The number of rotatable bonds is 2. The van der Waals surface area contributed by atoms with Crippen molar-refractivity contribution in [1.82, 2.24) is 0 Å². The molecule has 2 rings (SSSR count). The molecule has 1 aromatic rings. The Balaban J connectivity index is 2.19. The Morgan fingerprint density at radius 3 is 2.67 bits per heavy atom. The molecule has 4 heteroatoms. The molecule has 0 saturated carbocycles. The number of ketones is 1. The van der Waals surface area contributed by atoms with Crippen LogP contribution in [0.15, 0.2) is 12.1 Å². The quantitative estimate of drug-likeness (QED) is 0.780. The highest BCUT2D eigenvalue weighted by Crippen LogP contribution is 2.26. The Morgan fingerprint density at radius 2 is 2.13 bits per heavy atom. The number of ether oxygens (including phenoxy) is 1. The lowest BCUT2D eigenvalue weighted by Gasteiger charge is -2.31. The molecule has 0 aliphatic carbocycles. The van der Waals surface area contributed by atoms with Crippen molar-refractivity contribution in [3.8, 4) is 0 Å². The molecule has 1 aliphatic rings. The van der Waals surface area contributed by atoms with E-state index in [9.17, 15) is 4.79 Å². The van der Waals surface area contributed by atoms with Gasteiger partial charge in [0.15, 0.2) is 5.78 Å². The van der Waals surface area contributed by atoms with E-state index < -0.39 is 5.54 Å². The van der Waals surface area contributed by atoms with Crippen molar-refractivity contribution < 1.29 is 9.53 Å². The minimum atomic E-state index is -0.699. The molecule has 0 aromatic carbocycles. The summed E-state index contributed by atoms with van der Waals surface area (Å²) in [5.41, 5.74) is 5.42. The van der Waals surface area contributed by atoms with Gasteiger partial charge in [0.1, 0.15) is 0 Å². The van der Waals surface area contributed by atoms with Crippen LogP contribution < -0.4 is 5.73 Å². The van der Waals surface area contributed by atoms with Crippen molar-refractivity contribution in [3.63, 3.8) is 0 Å². The van der Waals surface area contributed by atoms with E-state index in [2.05, 4.69) is 0 Å². The van der Waals surface area contributed by atoms with E-state index in [0.717, 1.165) is 9.75 Å². The highest BCUT2D eigenvalue weighted by molar-refractivity contribution is 7.14. The maximum absolute atomic E-state index is 12.2. The Bertz CT molecular complexity index is 366. The lowest BCUT2D eigenvalue weighted by atomic mass is 9.86. The van der Waals surface area contributed by atoms with Crippen LogP contribution in [-0.4, -0.2) is 24.5 Å². The first-order valence-electron chi connectivity index (χ1n) is 5.10. The minimum Gasteiger partial charge on any atom is -0.381 e. The topological polar surface area (TPSA) is 52.3 Å². The standard InChI is InChI=1S/C11H15NO2S/c1-8-2-3-9(15-8)10(13)11(12)4-6-14-7-5-11/h2-3H,4-7,12H2,1H3. The van der Waals surface area contributed by atoms with Gasteiger partial charge in [-0.2, -0.15) is 0 Å². The van der Waals surface area contributed by atoms with Crippen LogP contribution in [0.25, 0.3) is 0 Å². The van der Waals surface area contributed by atoms with Gasteiger partial charge in [0.2, 0.25) is 0 Å². The third kappa shape index (κ3) is 2.12. The van der Waals surface area contributed by atoms with Crippen LogP contribution in [0.2, 0.25) is 0 Å². The third-order valence-corrected chi connectivity index (χ3v) is 3.80. The van der Waals surface area contributed by atoms with Gasteiger partial charge in [0, 0.05) is 18.1 Å². The van der Waals surface area contributed by atoms with Gasteiger partial charge in [-0.25, -0.2) is 0 Å². The molecule has 3 nitrogen and oxygen atoms in total. The SMILES string of the molecule is Cc1ccc(C(=O)C2(N)CCOCC2)s1. The summed E-state index contributed by atoms with van der Waals surface area (Å²) in [4.78, 5) is 14.1. The Hall–Kier alpha value is -0.710. The summed E-state index contributed by atoms with van der Waals surface area (Å²) in [5.74, 6) is 0.0731. The van der Waals surface area contributed by atoms with Crippen molar-refractivity contribution in [2.24, 2.45) is 5.73 Å². The van der Waals surface area contributed by atoms with Crippen molar-refractivity contribution in [2.75, 3.05) is 13.2 Å². The number of thiophene rings is 1. The second-order valence-electron chi connectivity index (χ2n) is 4.01. The molecule has 0 amide bonds. The van der Waals surface area contributed by atoms with Crippen LogP contribution in [0.4, 0.5) is 0 Å². The molecule has 2 heterocycles. The van der Waals surface area contributed by atoms with Crippen molar-refractivity contribution in [3.05, 3.63) is 21.9 Å².